The average Bonchev–Trinajstić information content (AvgIpc) is 3.45. The molecular formula is C43H48O7. The second kappa shape index (κ2) is 14.4. The van der Waals surface area contributed by atoms with Crippen molar-refractivity contribution in [3.63, 3.8) is 0 Å². The van der Waals surface area contributed by atoms with Crippen LogP contribution in [0.3, 0.4) is 0 Å². The molecule has 2 unspecified atom stereocenters. The van der Waals surface area contributed by atoms with Crippen molar-refractivity contribution in [1.82, 2.24) is 0 Å². The van der Waals surface area contributed by atoms with E-state index in [2.05, 4.69) is 56.8 Å². The van der Waals surface area contributed by atoms with Crippen LogP contribution < -0.4 is 0 Å². The molecule has 2 aliphatic carbocycles. The fourth-order valence-corrected chi connectivity index (χ4v) is 9.24. The molecule has 0 bridgehead atoms. The van der Waals surface area contributed by atoms with Crippen molar-refractivity contribution >= 4 is 17.9 Å². The lowest BCUT2D eigenvalue weighted by molar-refractivity contribution is -0.197. The largest absolute Gasteiger partial charge is 0.462 e. The Morgan fingerprint density at radius 3 is 1.92 bits per heavy atom. The minimum absolute atomic E-state index is 0.0290. The monoisotopic (exact) mass is 676 g/mol. The highest BCUT2D eigenvalue weighted by Gasteiger charge is 2.60. The Morgan fingerprint density at radius 2 is 1.40 bits per heavy atom. The van der Waals surface area contributed by atoms with Gasteiger partial charge in [-0.3, -0.25) is 9.59 Å². The SMILES string of the molecule is C=C1CCC2[C@](C)(COC(c3ccccc3)(c3ccccc3)c3ccccc3)[C@H](OC(C)=O)CC[C@@]2(C)[C@@H]1C/C=C1\C(=O)OCC1OC(C)=O. The van der Waals surface area contributed by atoms with Gasteiger partial charge in [0.25, 0.3) is 0 Å². The summed E-state index contributed by atoms with van der Waals surface area (Å²) in [5.74, 6) is -1.06. The van der Waals surface area contributed by atoms with Gasteiger partial charge in [0.15, 0.2) is 6.10 Å². The van der Waals surface area contributed by atoms with Gasteiger partial charge >= 0.3 is 17.9 Å². The first-order valence-electron chi connectivity index (χ1n) is 17.7. The summed E-state index contributed by atoms with van der Waals surface area (Å²) in [5.41, 5.74) is 2.81. The molecule has 3 aromatic rings. The lowest BCUT2D eigenvalue weighted by Crippen LogP contribution is -2.59. The van der Waals surface area contributed by atoms with Gasteiger partial charge in [-0.05, 0) is 66.0 Å². The molecule has 1 heterocycles. The number of esters is 3. The maximum absolute atomic E-state index is 12.7. The molecule has 1 saturated heterocycles. The fraction of sp³-hybridized carbons (Fsp3) is 0.419. The van der Waals surface area contributed by atoms with Crippen LogP contribution in [0.2, 0.25) is 0 Å². The van der Waals surface area contributed by atoms with Gasteiger partial charge in [0.2, 0.25) is 0 Å². The third-order valence-electron chi connectivity index (χ3n) is 11.6. The molecule has 6 rings (SSSR count). The van der Waals surface area contributed by atoms with Crippen LogP contribution in [0, 0.1) is 22.7 Å². The Kier molecular flexibility index (Phi) is 10.2. The zero-order valence-electron chi connectivity index (χ0n) is 29.6. The molecule has 0 amide bonds. The standard InChI is InChI=1S/C43H48O7/c1-29-21-24-38-41(4,36(29)23-22-35-37(49-30(2)44)27-47-40(35)46)26-25-39(50-31(3)45)42(38,5)28-48-43(32-15-9-6-10-16-32,33-17-11-7-12-18-33)34-19-13-8-14-20-34/h6-20,22,36-39H,1,21,23-28H2,2-5H3/b35-22-/t36-,37?,38?,39-,41+,42+/m1/s1. The predicted molar refractivity (Wildman–Crippen MR) is 191 cm³/mol. The fourth-order valence-electron chi connectivity index (χ4n) is 9.24. The van der Waals surface area contributed by atoms with E-state index in [4.69, 9.17) is 18.9 Å². The van der Waals surface area contributed by atoms with Gasteiger partial charge in [-0.15, -0.1) is 0 Å². The van der Waals surface area contributed by atoms with Crippen molar-refractivity contribution in [2.45, 2.75) is 77.6 Å². The molecule has 3 fully saturated rings. The van der Waals surface area contributed by atoms with E-state index in [-0.39, 0.29) is 35.9 Å². The first-order chi connectivity index (χ1) is 24.0. The number of hydrogen-bond acceptors (Lipinski definition) is 7. The normalized spacial score (nSPS) is 28.8. The van der Waals surface area contributed by atoms with Gasteiger partial charge in [0.1, 0.15) is 18.3 Å². The maximum atomic E-state index is 12.7. The van der Waals surface area contributed by atoms with E-state index in [1.54, 1.807) is 0 Å². The highest BCUT2D eigenvalue weighted by Crippen LogP contribution is 2.63. The van der Waals surface area contributed by atoms with Crippen LogP contribution in [-0.2, 0) is 38.9 Å². The second-order valence-corrected chi connectivity index (χ2v) is 14.6. The lowest BCUT2D eigenvalue weighted by atomic mass is 9.46. The summed E-state index contributed by atoms with van der Waals surface area (Å²) >= 11 is 0. The Labute approximate surface area is 295 Å². The third kappa shape index (κ3) is 6.56. The van der Waals surface area contributed by atoms with Crippen LogP contribution in [0.1, 0.15) is 76.5 Å². The van der Waals surface area contributed by atoms with Gasteiger partial charge in [-0.1, -0.05) is 123 Å². The van der Waals surface area contributed by atoms with Gasteiger partial charge < -0.3 is 18.9 Å². The predicted octanol–water partition coefficient (Wildman–Crippen LogP) is 8.12. The quantitative estimate of drug-likeness (QED) is 0.0705. The summed E-state index contributed by atoms with van der Waals surface area (Å²) in [4.78, 5) is 37.1. The Hall–Kier alpha value is -4.49. The van der Waals surface area contributed by atoms with Crippen LogP contribution in [-0.4, -0.2) is 43.3 Å². The minimum Gasteiger partial charge on any atom is -0.462 e. The number of carbonyl (C=O) groups is 3. The van der Waals surface area contributed by atoms with E-state index >= 15 is 0 Å². The van der Waals surface area contributed by atoms with Crippen LogP contribution in [0.15, 0.2) is 115 Å². The molecule has 7 nitrogen and oxygen atoms in total. The first kappa shape index (κ1) is 35.3. The maximum Gasteiger partial charge on any atom is 0.337 e. The molecule has 0 aromatic heterocycles. The lowest BCUT2D eigenvalue weighted by Gasteiger charge is -2.61. The van der Waals surface area contributed by atoms with E-state index in [1.165, 1.54) is 13.8 Å². The highest BCUT2D eigenvalue weighted by molar-refractivity contribution is 5.92. The zero-order valence-corrected chi connectivity index (χ0v) is 29.6. The van der Waals surface area contributed by atoms with E-state index in [0.29, 0.717) is 25.0 Å². The molecule has 7 heteroatoms. The van der Waals surface area contributed by atoms with Crippen molar-refractivity contribution in [2.24, 2.45) is 22.7 Å². The molecule has 3 aromatic carbocycles. The number of rotatable bonds is 10. The molecule has 3 aliphatic rings. The minimum atomic E-state index is -0.932. The second-order valence-electron chi connectivity index (χ2n) is 14.6. The van der Waals surface area contributed by atoms with Crippen molar-refractivity contribution in [3.05, 3.63) is 131 Å². The van der Waals surface area contributed by atoms with Crippen molar-refractivity contribution in [1.29, 1.82) is 0 Å². The molecule has 0 N–H and O–H groups in total. The zero-order chi connectivity index (χ0) is 35.5. The van der Waals surface area contributed by atoms with Crippen molar-refractivity contribution in [3.8, 4) is 0 Å². The molecule has 0 spiro atoms. The van der Waals surface area contributed by atoms with Crippen LogP contribution in [0.5, 0.6) is 0 Å². The summed E-state index contributed by atoms with van der Waals surface area (Å²) in [6.45, 7) is 12.3. The Morgan fingerprint density at radius 1 is 0.860 bits per heavy atom. The number of hydrogen-bond donors (Lipinski definition) is 0. The molecular weight excluding hydrogens is 628 g/mol. The number of carbonyl (C=O) groups excluding carboxylic acids is 3. The molecule has 2 saturated carbocycles. The van der Waals surface area contributed by atoms with Gasteiger partial charge in [0.05, 0.1) is 12.2 Å². The molecule has 0 radical (unpaired) electrons. The van der Waals surface area contributed by atoms with Gasteiger partial charge in [0, 0.05) is 19.3 Å². The summed E-state index contributed by atoms with van der Waals surface area (Å²) < 4.78 is 24.3. The smallest absolute Gasteiger partial charge is 0.337 e. The number of benzene rings is 3. The van der Waals surface area contributed by atoms with Crippen LogP contribution in [0.25, 0.3) is 0 Å². The van der Waals surface area contributed by atoms with E-state index in [0.717, 1.165) is 41.5 Å². The highest BCUT2D eigenvalue weighted by atomic mass is 16.6. The number of allylic oxidation sites excluding steroid dienone is 2. The Balaban J connectivity index is 1.41. The van der Waals surface area contributed by atoms with Gasteiger partial charge in [-0.2, -0.15) is 0 Å². The number of fused-ring (bicyclic) bond motifs is 1. The number of cyclic esters (lactones) is 1. The molecule has 1 aliphatic heterocycles. The van der Waals surface area contributed by atoms with Gasteiger partial charge in [-0.25, -0.2) is 4.79 Å². The van der Waals surface area contributed by atoms with E-state index < -0.39 is 29.1 Å². The topological polar surface area (TPSA) is 88.1 Å². The molecule has 262 valence electrons. The summed E-state index contributed by atoms with van der Waals surface area (Å²) in [5, 5.41) is 0. The van der Waals surface area contributed by atoms with Crippen molar-refractivity contribution in [2.75, 3.05) is 13.2 Å². The van der Waals surface area contributed by atoms with Crippen LogP contribution >= 0.6 is 0 Å². The molecule has 6 atom stereocenters. The van der Waals surface area contributed by atoms with E-state index in [9.17, 15) is 14.4 Å². The number of ether oxygens (including phenoxy) is 4. The van der Waals surface area contributed by atoms with E-state index in [1.807, 2.05) is 60.7 Å². The molecule has 50 heavy (non-hydrogen) atoms. The van der Waals surface area contributed by atoms with Crippen molar-refractivity contribution < 1.29 is 33.3 Å². The van der Waals surface area contributed by atoms with Crippen LogP contribution in [0.4, 0.5) is 0 Å². The average molecular weight is 677 g/mol. The summed E-state index contributed by atoms with van der Waals surface area (Å²) in [6.07, 6.45) is 4.54. The third-order valence-corrected chi connectivity index (χ3v) is 11.6. The summed E-state index contributed by atoms with van der Waals surface area (Å²) in [7, 11) is 0. The summed E-state index contributed by atoms with van der Waals surface area (Å²) in [6, 6.07) is 31.0. The first-order valence-corrected chi connectivity index (χ1v) is 17.7. The Bertz CT molecular complexity index is 1640.